The lowest BCUT2D eigenvalue weighted by Gasteiger charge is -2.25. The van der Waals surface area contributed by atoms with Crippen LogP contribution in [-0.2, 0) is 0 Å². The Bertz CT molecular complexity index is 85.7. The van der Waals surface area contributed by atoms with Crippen LogP contribution in [0.4, 0.5) is 0 Å². The van der Waals surface area contributed by atoms with Gasteiger partial charge < -0.3 is 5.11 Å². The summed E-state index contributed by atoms with van der Waals surface area (Å²) in [5.74, 6) is 0. The summed E-state index contributed by atoms with van der Waals surface area (Å²) in [5, 5.41) is 9.05. The molecule has 0 fully saturated rings. The highest BCUT2D eigenvalue weighted by Gasteiger charge is 2.08. The molecule has 0 aromatic heterocycles. The van der Waals surface area contributed by atoms with Gasteiger partial charge in [0.25, 0.3) is 0 Å². The van der Waals surface area contributed by atoms with Gasteiger partial charge in [0, 0.05) is 18.9 Å². The number of aliphatic hydroxyl groups excluding tert-OH is 1. The van der Waals surface area contributed by atoms with Crippen LogP contribution in [0, 0.1) is 0 Å². The summed E-state index contributed by atoms with van der Waals surface area (Å²) in [6, 6.07) is 0.520. The Morgan fingerprint density at radius 1 is 1.40 bits per heavy atom. The van der Waals surface area contributed by atoms with Crippen LogP contribution in [0.1, 0.15) is 20.8 Å². The molecule has 2 nitrogen and oxygen atoms in total. The third-order valence-electron chi connectivity index (χ3n) is 1.46. The van der Waals surface area contributed by atoms with Crippen LogP contribution >= 0.6 is 9.24 Å². The molecule has 0 aromatic rings. The maximum Gasteiger partial charge on any atom is 0.0639 e. The van der Waals surface area contributed by atoms with E-state index < -0.39 is 0 Å². The van der Waals surface area contributed by atoms with Crippen molar-refractivity contribution in [2.45, 2.75) is 32.9 Å². The maximum atomic E-state index is 9.05. The van der Waals surface area contributed by atoms with E-state index in [1.807, 2.05) is 6.92 Å². The third kappa shape index (κ3) is 4.21. The summed E-state index contributed by atoms with van der Waals surface area (Å²) in [6.45, 7) is 6.84. The topological polar surface area (TPSA) is 23.5 Å². The van der Waals surface area contributed by atoms with Crippen LogP contribution in [0.25, 0.3) is 0 Å². The Balaban J connectivity index is 3.60. The lowest BCUT2D eigenvalue weighted by Crippen LogP contribution is -2.35. The minimum Gasteiger partial charge on any atom is -0.392 e. The Morgan fingerprint density at radius 3 is 2.00 bits per heavy atom. The molecule has 0 aliphatic heterocycles. The van der Waals surface area contributed by atoms with Gasteiger partial charge in [0.15, 0.2) is 0 Å². The van der Waals surface area contributed by atoms with Crippen LogP contribution in [0.2, 0.25) is 0 Å². The van der Waals surface area contributed by atoms with Crippen LogP contribution < -0.4 is 0 Å². The van der Waals surface area contributed by atoms with Gasteiger partial charge in [0.1, 0.15) is 0 Å². The standard InChI is InChI=1S/C7H18NOP/c1-6(2)8(5-10)4-7(3)9/h6-7,9H,4-5,10H2,1-3H3. The van der Waals surface area contributed by atoms with E-state index in [1.54, 1.807) is 0 Å². The van der Waals surface area contributed by atoms with E-state index >= 15 is 0 Å². The normalized spacial score (nSPS) is 14.7. The van der Waals surface area contributed by atoms with Crippen molar-refractivity contribution in [3.63, 3.8) is 0 Å². The summed E-state index contributed by atoms with van der Waals surface area (Å²) in [6.07, 6.45) is 0.714. The van der Waals surface area contributed by atoms with Gasteiger partial charge in [0.2, 0.25) is 0 Å². The SMILES string of the molecule is CC(O)CN(CP)C(C)C. The molecule has 0 heterocycles. The maximum absolute atomic E-state index is 9.05. The van der Waals surface area contributed by atoms with Crippen molar-refractivity contribution in [2.75, 3.05) is 12.8 Å². The Hall–Kier alpha value is 0.350. The van der Waals surface area contributed by atoms with Gasteiger partial charge in [0.05, 0.1) is 6.10 Å². The van der Waals surface area contributed by atoms with Crippen molar-refractivity contribution in [3.8, 4) is 0 Å². The van der Waals surface area contributed by atoms with Gasteiger partial charge >= 0.3 is 0 Å². The molecule has 0 amide bonds. The van der Waals surface area contributed by atoms with Crippen molar-refractivity contribution >= 4 is 9.24 Å². The molecule has 0 aromatic carbocycles. The first-order valence-electron chi connectivity index (χ1n) is 3.70. The van der Waals surface area contributed by atoms with Crippen molar-refractivity contribution in [2.24, 2.45) is 0 Å². The van der Waals surface area contributed by atoms with E-state index in [0.29, 0.717) is 6.04 Å². The molecule has 0 saturated heterocycles. The van der Waals surface area contributed by atoms with E-state index in [0.717, 1.165) is 12.8 Å². The first-order valence-corrected chi connectivity index (χ1v) is 4.51. The zero-order valence-electron chi connectivity index (χ0n) is 7.04. The molecular weight excluding hydrogens is 145 g/mol. The average molecular weight is 163 g/mol. The van der Waals surface area contributed by atoms with E-state index in [4.69, 9.17) is 5.11 Å². The fourth-order valence-electron chi connectivity index (χ4n) is 0.836. The molecule has 0 spiro atoms. The van der Waals surface area contributed by atoms with Gasteiger partial charge in [-0.3, -0.25) is 4.90 Å². The lowest BCUT2D eigenvalue weighted by molar-refractivity contribution is 0.122. The predicted molar refractivity (Wildman–Crippen MR) is 48.1 cm³/mol. The molecule has 0 aliphatic rings. The minimum atomic E-state index is -0.219. The molecule has 0 aliphatic carbocycles. The molecular formula is C7H18NOP. The Morgan fingerprint density at radius 2 is 1.90 bits per heavy atom. The van der Waals surface area contributed by atoms with E-state index in [1.165, 1.54) is 0 Å². The monoisotopic (exact) mass is 163 g/mol. The molecule has 2 unspecified atom stereocenters. The third-order valence-corrected chi connectivity index (χ3v) is 1.93. The molecule has 0 rings (SSSR count). The smallest absolute Gasteiger partial charge is 0.0639 e. The molecule has 0 bridgehead atoms. The fourth-order valence-corrected chi connectivity index (χ4v) is 1.41. The van der Waals surface area contributed by atoms with E-state index in [-0.39, 0.29) is 6.10 Å². The number of rotatable bonds is 4. The van der Waals surface area contributed by atoms with Crippen molar-refractivity contribution in [3.05, 3.63) is 0 Å². The number of nitrogens with zero attached hydrogens (tertiary/aromatic N) is 1. The molecule has 3 heteroatoms. The van der Waals surface area contributed by atoms with Gasteiger partial charge in [-0.25, -0.2) is 0 Å². The van der Waals surface area contributed by atoms with Crippen molar-refractivity contribution < 1.29 is 5.11 Å². The van der Waals surface area contributed by atoms with Gasteiger partial charge in [-0.15, -0.1) is 9.24 Å². The van der Waals surface area contributed by atoms with Crippen LogP contribution in [-0.4, -0.2) is 35.0 Å². The van der Waals surface area contributed by atoms with E-state index in [2.05, 4.69) is 28.0 Å². The molecule has 0 saturated carbocycles. The number of hydrogen-bond acceptors (Lipinski definition) is 2. The van der Waals surface area contributed by atoms with Gasteiger partial charge in [-0.1, -0.05) is 0 Å². The second-order valence-electron chi connectivity index (χ2n) is 2.90. The first-order chi connectivity index (χ1) is 4.57. The van der Waals surface area contributed by atoms with Crippen LogP contribution in [0.3, 0.4) is 0 Å². The molecule has 10 heavy (non-hydrogen) atoms. The Kier molecular flexibility index (Phi) is 5.24. The highest BCUT2D eigenvalue weighted by molar-refractivity contribution is 7.16. The highest BCUT2D eigenvalue weighted by atomic mass is 31.0. The molecule has 62 valence electrons. The van der Waals surface area contributed by atoms with Gasteiger partial charge in [-0.05, 0) is 20.8 Å². The zero-order valence-corrected chi connectivity index (χ0v) is 8.20. The van der Waals surface area contributed by atoms with Crippen LogP contribution in [0.5, 0.6) is 0 Å². The molecule has 1 N–H and O–H groups in total. The summed E-state index contributed by atoms with van der Waals surface area (Å²) in [4.78, 5) is 2.20. The quantitative estimate of drug-likeness (QED) is 0.623. The summed E-state index contributed by atoms with van der Waals surface area (Å²) < 4.78 is 0. The highest BCUT2D eigenvalue weighted by Crippen LogP contribution is 2.02. The summed E-state index contributed by atoms with van der Waals surface area (Å²) in [7, 11) is 2.67. The van der Waals surface area contributed by atoms with Crippen molar-refractivity contribution in [1.29, 1.82) is 0 Å². The molecule has 2 atom stereocenters. The second kappa shape index (κ2) is 5.06. The minimum absolute atomic E-state index is 0.219. The largest absolute Gasteiger partial charge is 0.392 e. The number of hydrogen-bond donors (Lipinski definition) is 1. The fraction of sp³-hybridized carbons (Fsp3) is 1.00. The Labute approximate surface area is 65.8 Å². The lowest BCUT2D eigenvalue weighted by atomic mass is 10.3. The van der Waals surface area contributed by atoms with Crippen molar-refractivity contribution in [1.82, 2.24) is 4.90 Å². The predicted octanol–water partition coefficient (Wildman–Crippen LogP) is 0.910. The zero-order chi connectivity index (χ0) is 8.15. The molecule has 0 radical (unpaired) electrons. The number of aliphatic hydroxyl groups is 1. The van der Waals surface area contributed by atoms with E-state index in [9.17, 15) is 0 Å². The summed E-state index contributed by atoms with van der Waals surface area (Å²) in [5.41, 5.74) is 0. The first kappa shape index (κ1) is 10.3. The summed E-state index contributed by atoms with van der Waals surface area (Å²) >= 11 is 0. The second-order valence-corrected chi connectivity index (χ2v) is 3.26. The average Bonchev–Trinajstić information content (AvgIpc) is 1.81. The van der Waals surface area contributed by atoms with Gasteiger partial charge in [-0.2, -0.15) is 0 Å². The van der Waals surface area contributed by atoms with Crippen LogP contribution in [0.15, 0.2) is 0 Å².